The number of nitrogens with zero attached hydrogens (tertiary/aromatic N) is 3. The second-order valence-corrected chi connectivity index (χ2v) is 4.88. The predicted molar refractivity (Wildman–Crippen MR) is 78.6 cm³/mol. The number of aromatic amines is 1. The maximum absolute atomic E-state index is 11.7. The summed E-state index contributed by atoms with van der Waals surface area (Å²) in [5, 5.41) is 0.518. The molecule has 0 unspecified atom stereocenters. The lowest BCUT2D eigenvalue weighted by atomic mass is 10.2. The first-order valence-electron chi connectivity index (χ1n) is 6.12. The van der Waals surface area contributed by atoms with Crippen molar-refractivity contribution in [2.24, 2.45) is 0 Å². The van der Waals surface area contributed by atoms with Gasteiger partial charge in [-0.05, 0) is 26.2 Å². The van der Waals surface area contributed by atoms with Gasteiger partial charge in [0.05, 0.1) is 28.6 Å². The van der Waals surface area contributed by atoms with E-state index in [0.29, 0.717) is 16.6 Å². The average molecular weight is 261 g/mol. The van der Waals surface area contributed by atoms with Gasteiger partial charge in [-0.15, -0.1) is 0 Å². The molecule has 0 atom stereocenters. The predicted octanol–water partition coefficient (Wildman–Crippen LogP) is 0.503. The van der Waals surface area contributed by atoms with Crippen LogP contribution in [0, 0.1) is 0 Å². The molecule has 19 heavy (non-hydrogen) atoms. The molecule has 1 heterocycles. The third-order valence-electron chi connectivity index (χ3n) is 3.08. The number of nitrogens with two attached hydrogens (primary N) is 1. The zero-order chi connectivity index (χ0) is 14.0. The molecule has 0 aliphatic heterocycles. The van der Waals surface area contributed by atoms with E-state index in [2.05, 4.69) is 19.8 Å². The summed E-state index contributed by atoms with van der Waals surface area (Å²) in [6.45, 7) is 1.78. The molecule has 6 heteroatoms. The number of H-pyrrole nitrogens is 1. The molecule has 0 amide bonds. The van der Waals surface area contributed by atoms with Gasteiger partial charge in [-0.25, -0.2) is 4.98 Å². The first-order chi connectivity index (χ1) is 8.99. The Morgan fingerprint density at radius 2 is 2.00 bits per heavy atom. The standard InChI is InChI=1S/C13H19N5O/c1-17(2)4-5-18(3)12-7-11-9(6-10(12)14)13(19)16-8-15-11/h6-8H,4-5,14H2,1-3H3,(H,15,16,19). The van der Waals surface area contributed by atoms with Gasteiger partial charge in [0.2, 0.25) is 0 Å². The number of benzene rings is 1. The molecule has 2 rings (SSSR count). The quantitative estimate of drug-likeness (QED) is 0.784. The van der Waals surface area contributed by atoms with Crippen LogP contribution in [0.4, 0.5) is 11.4 Å². The van der Waals surface area contributed by atoms with Crippen LogP contribution in [0.15, 0.2) is 23.3 Å². The lowest BCUT2D eigenvalue weighted by molar-refractivity contribution is 0.416. The summed E-state index contributed by atoms with van der Waals surface area (Å²) >= 11 is 0. The number of aromatic nitrogens is 2. The van der Waals surface area contributed by atoms with Crippen molar-refractivity contribution in [3.8, 4) is 0 Å². The van der Waals surface area contributed by atoms with Crippen LogP contribution < -0.4 is 16.2 Å². The molecule has 3 N–H and O–H groups in total. The Kier molecular flexibility index (Phi) is 3.71. The molecule has 0 bridgehead atoms. The van der Waals surface area contributed by atoms with Crippen molar-refractivity contribution < 1.29 is 0 Å². The third-order valence-corrected chi connectivity index (χ3v) is 3.08. The molecule has 2 aromatic rings. The fourth-order valence-electron chi connectivity index (χ4n) is 1.92. The van der Waals surface area contributed by atoms with Crippen molar-refractivity contribution in [3.63, 3.8) is 0 Å². The van der Waals surface area contributed by atoms with Gasteiger partial charge in [0.25, 0.3) is 5.56 Å². The summed E-state index contributed by atoms with van der Waals surface area (Å²) in [4.78, 5) is 22.6. The molecule has 0 spiro atoms. The van der Waals surface area contributed by atoms with Gasteiger partial charge < -0.3 is 20.5 Å². The number of hydrogen-bond donors (Lipinski definition) is 2. The zero-order valence-electron chi connectivity index (χ0n) is 11.5. The van der Waals surface area contributed by atoms with Crippen LogP contribution in [0.25, 0.3) is 10.9 Å². The summed E-state index contributed by atoms with van der Waals surface area (Å²) in [6, 6.07) is 3.54. The van der Waals surface area contributed by atoms with Crippen LogP contribution >= 0.6 is 0 Å². The lowest BCUT2D eigenvalue weighted by Crippen LogP contribution is -2.29. The molecule has 1 aromatic heterocycles. The van der Waals surface area contributed by atoms with E-state index in [1.165, 1.54) is 6.33 Å². The number of nitrogen functional groups attached to an aromatic ring is 1. The SMILES string of the molecule is CN(C)CCN(C)c1cc2nc[nH]c(=O)c2cc1N. The van der Waals surface area contributed by atoms with E-state index in [9.17, 15) is 4.79 Å². The summed E-state index contributed by atoms with van der Waals surface area (Å²) in [5.74, 6) is 0. The maximum atomic E-state index is 11.7. The Hall–Kier alpha value is -2.08. The zero-order valence-corrected chi connectivity index (χ0v) is 11.5. The molecule has 0 aliphatic rings. The van der Waals surface area contributed by atoms with Crippen molar-refractivity contribution in [2.75, 3.05) is 44.9 Å². The van der Waals surface area contributed by atoms with E-state index in [4.69, 9.17) is 5.73 Å². The Morgan fingerprint density at radius 1 is 1.26 bits per heavy atom. The van der Waals surface area contributed by atoms with E-state index in [0.717, 1.165) is 18.8 Å². The van der Waals surface area contributed by atoms with Crippen molar-refractivity contribution in [1.29, 1.82) is 0 Å². The van der Waals surface area contributed by atoms with Crippen molar-refractivity contribution >= 4 is 22.3 Å². The van der Waals surface area contributed by atoms with Crippen LogP contribution in [0.5, 0.6) is 0 Å². The van der Waals surface area contributed by atoms with Crippen molar-refractivity contribution in [3.05, 3.63) is 28.8 Å². The number of nitrogens with one attached hydrogen (secondary N) is 1. The minimum Gasteiger partial charge on any atom is -0.397 e. The number of fused-ring (bicyclic) bond motifs is 1. The van der Waals surface area contributed by atoms with Crippen LogP contribution in [-0.4, -0.2) is 49.1 Å². The van der Waals surface area contributed by atoms with Crippen LogP contribution in [0.1, 0.15) is 0 Å². The number of anilines is 2. The van der Waals surface area contributed by atoms with Crippen molar-refractivity contribution in [2.45, 2.75) is 0 Å². The largest absolute Gasteiger partial charge is 0.397 e. The highest BCUT2D eigenvalue weighted by molar-refractivity contribution is 5.88. The molecule has 0 aliphatic carbocycles. The monoisotopic (exact) mass is 261 g/mol. The summed E-state index contributed by atoms with van der Waals surface area (Å²) < 4.78 is 0. The topological polar surface area (TPSA) is 78.2 Å². The molecular weight excluding hydrogens is 242 g/mol. The average Bonchev–Trinajstić information content (AvgIpc) is 2.36. The number of hydrogen-bond acceptors (Lipinski definition) is 5. The van der Waals surface area contributed by atoms with Crippen LogP contribution in [0.2, 0.25) is 0 Å². The molecule has 6 nitrogen and oxygen atoms in total. The smallest absolute Gasteiger partial charge is 0.258 e. The normalized spacial score (nSPS) is 11.2. The molecule has 0 saturated heterocycles. The Labute approximate surface area is 111 Å². The van der Waals surface area contributed by atoms with Crippen LogP contribution in [-0.2, 0) is 0 Å². The first-order valence-corrected chi connectivity index (χ1v) is 6.12. The fraction of sp³-hybridized carbons (Fsp3) is 0.385. The van der Waals surface area contributed by atoms with Crippen LogP contribution in [0.3, 0.4) is 0 Å². The lowest BCUT2D eigenvalue weighted by Gasteiger charge is -2.23. The molecule has 0 radical (unpaired) electrons. The number of likely N-dealkylation sites (N-methyl/N-ethyl adjacent to an activating group) is 2. The highest BCUT2D eigenvalue weighted by atomic mass is 16.1. The third kappa shape index (κ3) is 2.85. The van der Waals surface area contributed by atoms with Gasteiger partial charge in [0, 0.05) is 20.1 Å². The van der Waals surface area contributed by atoms with E-state index >= 15 is 0 Å². The van der Waals surface area contributed by atoms with Gasteiger partial charge in [-0.2, -0.15) is 0 Å². The molecule has 102 valence electrons. The first kappa shape index (κ1) is 13.4. The van der Waals surface area contributed by atoms with Gasteiger partial charge in [0.1, 0.15) is 0 Å². The Morgan fingerprint density at radius 3 is 2.68 bits per heavy atom. The summed E-state index contributed by atoms with van der Waals surface area (Å²) in [6.07, 6.45) is 1.41. The summed E-state index contributed by atoms with van der Waals surface area (Å²) in [7, 11) is 6.03. The minimum atomic E-state index is -0.167. The Bertz CT molecular complexity index is 634. The van der Waals surface area contributed by atoms with E-state index in [-0.39, 0.29) is 5.56 Å². The molecule has 0 fully saturated rings. The molecular formula is C13H19N5O. The molecule has 0 saturated carbocycles. The summed E-state index contributed by atoms with van der Waals surface area (Å²) in [5.41, 5.74) is 8.00. The van der Waals surface area contributed by atoms with Gasteiger partial charge >= 0.3 is 0 Å². The second-order valence-electron chi connectivity index (χ2n) is 4.88. The fourth-order valence-corrected chi connectivity index (χ4v) is 1.92. The number of rotatable bonds is 4. The van der Waals surface area contributed by atoms with Gasteiger partial charge in [-0.3, -0.25) is 4.79 Å². The molecule has 1 aromatic carbocycles. The second kappa shape index (κ2) is 5.27. The van der Waals surface area contributed by atoms with E-state index < -0.39 is 0 Å². The van der Waals surface area contributed by atoms with E-state index in [1.54, 1.807) is 6.07 Å². The highest BCUT2D eigenvalue weighted by Gasteiger charge is 2.09. The maximum Gasteiger partial charge on any atom is 0.258 e. The minimum absolute atomic E-state index is 0.167. The van der Waals surface area contributed by atoms with Gasteiger partial charge in [0.15, 0.2) is 0 Å². The highest BCUT2D eigenvalue weighted by Crippen LogP contribution is 2.25. The van der Waals surface area contributed by atoms with Crippen molar-refractivity contribution in [1.82, 2.24) is 14.9 Å². The van der Waals surface area contributed by atoms with E-state index in [1.807, 2.05) is 27.2 Å². The Balaban J connectivity index is 2.39. The van der Waals surface area contributed by atoms with Gasteiger partial charge in [-0.1, -0.05) is 0 Å².